The van der Waals surface area contributed by atoms with E-state index in [1.54, 1.807) is 71.3 Å². The Bertz CT molecular complexity index is 936. The molecule has 1 heterocycles. The number of carbonyl (C=O) groups excluding carboxylic acids is 1. The molecule has 0 unspecified atom stereocenters. The summed E-state index contributed by atoms with van der Waals surface area (Å²) in [4.78, 5) is 17.2. The summed E-state index contributed by atoms with van der Waals surface area (Å²) in [5.74, 6) is -0.358. The lowest BCUT2D eigenvalue weighted by Gasteiger charge is -2.34. The highest BCUT2D eigenvalue weighted by molar-refractivity contribution is 7.89. The third-order valence-corrected chi connectivity index (χ3v) is 6.16. The van der Waals surface area contributed by atoms with Crippen molar-refractivity contribution in [2.75, 3.05) is 7.11 Å². The van der Waals surface area contributed by atoms with E-state index in [1.807, 2.05) is 0 Å². The van der Waals surface area contributed by atoms with Crippen LogP contribution in [-0.2, 0) is 26.1 Å². The number of ether oxygens (including phenoxy) is 2. The summed E-state index contributed by atoms with van der Waals surface area (Å²) in [6.07, 6.45) is 3.20. The minimum absolute atomic E-state index is 0.00963. The lowest BCUT2D eigenvalue weighted by Crippen LogP contribution is -2.49. The van der Waals surface area contributed by atoms with Crippen molar-refractivity contribution in [1.82, 2.24) is 9.29 Å². The van der Waals surface area contributed by atoms with E-state index in [0.29, 0.717) is 11.3 Å². The molecule has 7 nitrogen and oxygen atoms in total. The first-order valence-electron chi connectivity index (χ1n) is 9.73. The normalized spacial score (nSPS) is 13.3. The number of nitrogens with zero attached hydrogens (tertiary/aromatic N) is 2. The van der Waals surface area contributed by atoms with Crippen molar-refractivity contribution in [2.24, 2.45) is 5.92 Å². The Morgan fingerprint density at radius 3 is 2.23 bits per heavy atom. The Morgan fingerprint density at radius 2 is 1.77 bits per heavy atom. The van der Waals surface area contributed by atoms with Gasteiger partial charge in [0.2, 0.25) is 10.0 Å². The molecule has 0 amide bonds. The molecule has 30 heavy (non-hydrogen) atoms. The number of sulfonamides is 1. The minimum atomic E-state index is -4.02. The second-order valence-electron chi connectivity index (χ2n) is 8.31. The summed E-state index contributed by atoms with van der Waals surface area (Å²) in [6, 6.07) is 8.59. The molecule has 0 aliphatic carbocycles. The molecule has 0 spiro atoms. The number of pyridine rings is 1. The van der Waals surface area contributed by atoms with Crippen LogP contribution in [0.5, 0.6) is 5.75 Å². The summed E-state index contributed by atoms with van der Waals surface area (Å²) in [7, 11) is -2.51. The molecular formula is C22H30N2O5S. The van der Waals surface area contributed by atoms with Gasteiger partial charge >= 0.3 is 5.97 Å². The van der Waals surface area contributed by atoms with Crippen LogP contribution in [0.1, 0.15) is 40.2 Å². The van der Waals surface area contributed by atoms with Gasteiger partial charge < -0.3 is 9.47 Å². The first-order valence-corrected chi connectivity index (χ1v) is 11.2. The van der Waals surface area contributed by atoms with Crippen LogP contribution in [0.15, 0.2) is 53.7 Å². The number of benzene rings is 1. The van der Waals surface area contributed by atoms with E-state index in [9.17, 15) is 13.2 Å². The van der Waals surface area contributed by atoms with E-state index in [-0.39, 0.29) is 17.4 Å². The molecule has 164 valence electrons. The fourth-order valence-electron chi connectivity index (χ4n) is 2.97. The number of hydrogen-bond donors (Lipinski definition) is 0. The quantitative estimate of drug-likeness (QED) is 0.590. The molecule has 0 aliphatic heterocycles. The van der Waals surface area contributed by atoms with Gasteiger partial charge in [-0.3, -0.25) is 9.78 Å². The van der Waals surface area contributed by atoms with E-state index in [4.69, 9.17) is 9.47 Å². The predicted molar refractivity (Wildman–Crippen MR) is 114 cm³/mol. The van der Waals surface area contributed by atoms with Crippen LogP contribution in [-0.4, -0.2) is 42.4 Å². The molecule has 8 heteroatoms. The lowest BCUT2D eigenvalue weighted by atomic mass is 10.0. The zero-order valence-electron chi connectivity index (χ0n) is 18.3. The first-order chi connectivity index (χ1) is 14.0. The maximum atomic E-state index is 13.6. The molecule has 1 aromatic heterocycles. The summed E-state index contributed by atoms with van der Waals surface area (Å²) < 4.78 is 39.1. The smallest absolute Gasteiger partial charge is 0.325 e. The van der Waals surface area contributed by atoms with Gasteiger partial charge in [0.15, 0.2) is 0 Å². The van der Waals surface area contributed by atoms with Crippen molar-refractivity contribution >= 4 is 16.0 Å². The molecule has 0 aliphatic rings. The maximum Gasteiger partial charge on any atom is 0.325 e. The second kappa shape index (κ2) is 9.57. The third kappa shape index (κ3) is 6.03. The van der Waals surface area contributed by atoms with E-state index >= 15 is 0 Å². The average molecular weight is 435 g/mol. The van der Waals surface area contributed by atoms with E-state index in [1.165, 1.54) is 23.5 Å². The first kappa shape index (κ1) is 23.8. The Hall–Kier alpha value is -2.45. The van der Waals surface area contributed by atoms with Crippen LogP contribution in [0, 0.1) is 5.92 Å². The van der Waals surface area contributed by atoms with Gasteiger partial charge in [0.1, 0.15) is 17.4 Å². The van der Waals surface area contributed by atoms with Crippen molar-refractivity contribution in [3.8, 4) is 5.75 Å². The Morgan fingerprint density at radius 1 is 1.13 bits per heavy atom. The van der Waals surface area contributed by atoms with Gasteiger partial charge in [0.05, 0.1) is 12.0 Å². The largest absolute Gasteiger partial charge is 0.497 e. The van der Waals surface area contributed by atoms with Crippen LogP contribution >= 0.6 is 0 Å². The zero-order chi connectivity index (χ0) is 22.5. The van der Waals surface area contributed by atoms with Crippen molar-refractivity contribution in [1.29, 1.82) is 0 Å². The highest BCUT2D eigenvalue weighted by Crippen LogP contribution is 2.27. The van der Waals surface area contributed by atoms with Gasteiger partial charge in [-0.05, 0) is 62.6 Å². The number of esters is 1. The van der Waals surface area contributed by atoms with Gasteiger partial charge in [-0.15, -0.1) is 0 Å². The number of rotatable bonds is 8. The highest BCUT2D eigenvalue weighted by Gasteiger charge is 2.40. The molecule has 1 atom stereocenters. The molecule has 0 saturated carbocycles. The van der Waals surface area contributed by atoms with Gasteiger partial charge in [0.25, 0.3) is 0 Å². The van der Waals surface area contributed by atoms with Gasteiger partial charge in [0, 0.05) is 18.9 Å². The number of carbonyl (C=O) groups is 1. The number of aromatic nitrogens is 1. The van der Waals surface area contributed by atoms with E-state index in [0.717, 1.165) is 0 Å². The number of hydrogen-bond acceptors (Lipinski definition) is 6. The van der Waals surface area contributed by atoms with Crippen LogP contribution in [0.3, 0.4) is 0 Å². The summed E-state index contributed by atoms with van der Waals surface area (Å²) >= 11 is 0. The van der Waals surface area contributed by atoms with Crippen LogP contribution in [0.4, 0.5) is 0 Å². The van der Waals surface area contributed by atoms with Gasteiger partial charge in [-0.1, -0.05) is 19.9 Å². The fraction of sp³-hybridized carbons (Fsp3) is 0.455. The topological polar surface area (TPSA) is 85.8 Å². The fourth-order valence-corrected chi connectivity index (χ4v) is 4.67. The molecule has 0 N–H and O–H groups in total. The average Bonchev–Trinajstić information content (AvgIpc) is 2.66. The summed E-state index contributed by atoms with van der Waals surface area (Å²) in [5, 5.41) is 0. The molecule has 2 rings (SSSR count). The molecule has 2 aromatic rings. The van der Waals surface area contributed by atoms with E-state index in [2.05, 4.69) is 4.98 Å². The minimum Gasteiger partial charge on any atom is -0.497 e. The summed E-state index contributed by atoms with van der Waals surface area (Å²) in [6.45, 7) is 8.86. The molecule has 1 aromatic carbocycles. The molecule has 0 radical (unpaired) electrons. The Labute approximate surface area is 179 Å². The van der Waals surface area contributed by atoms with Crippen molar-refractivity contribution in [2.45, 2.75) is 57.7 Å². The Kier molecular flexibility index (Phi) is 7.60. The molecule has 0 fully saturated rings. The molecular weight excluding hydrogens is 404 g/mol. The van der Waals surface area contributed by atoms with Crippen LogP contribution in [0.2, 0.25) is 0 Å². The molecule has 0 saturated heterocycles. The standard InChI is InChI=1S/C22H30N2O5S/c1-16(2)20(21(25)29-22(3,4)5)24(15-17-8-7-13-23-14-17)30(26,27)19-11-9-18(28-6)10-12-19/h7-14,16,20H,15H2,1-6H3/t20-/m1/s1. The molecule has 0 bridgehead atoms. The van der Waals surface area contributed by atoms with Gasteiger partial charge in [-0.2, -0.15) is 4.31 Å². The van der Waals surface area contributed by atoms with Gasteiger partial charge in [-0.25, -0.2) is 8.42 Å². The van der Waals surface area contributed by atoms with Crippen LogP contribution < -0.4 is 4.74 Å². The summed E-state index contributed by atoms with van der Waals surface area (Å²) in [5.41, 5.74) is -0.0718. The highest BCUT2D eigenvalue weighted by atomic mass is 32.2. The van der Waals surface area contributed by atoms with E-state index < -0.39 is 27.6 Å². The third-order valence-electron chi connectivity index (χ3n) is 4.32. The number of methoxy groups -OCH3 is 1. The zero-order valence-corrected chi connectivity index (χ0v) is 19.1. The SMILES string of the molecule is COc1ccc(S(=O)(=O)N(Cc2cccnc2)[C@@H](C(=O)OC(C)(C)C)C(C)C)cc1. The van der Waals surface area contributed by atoms with Crippen molar-refractivity contribution in [3.05, 3.63) is 54.4 Å². The second-order valence-corrected chi connectivity index (χ2v) is 10.2. The van der Waals surface area contributed by atoms with Crippen molar-refractivity contribution < 1.29 is 22.7 Å². The van der Waals surface area contributed by atoms with Crippen LogP contribution in [0.25, 0.3) is 0 Å². The predicted octanol–water partition coefficient (Wildman–Crippen LogP) is 3.65. The maximum absolute atomic E-state index is 13.6. The Balaban J connectivity index is 2.55. The van der Waals surface area contributed by atoms with Crippen molar-refractivity contribution in [3.63, 3.8) is 0 Å². The monoisotopic (exact) mass is 434 g/mol. The lowest BCUT2D eigenvalue weighted by molar-refractivity contribution is -0.161.